The van der Waals surface area contributed by atoms with Crippen LogP contribution >= 0.6 is 11.3 Å². The number of amides is 2. The van der Waals surface area contributed by atoms with E-state index >= 15 is 0 Å². The molecule has 0 radical (unpaired) electrons. The van der Waals surface area contributed by atoms with Gasteiger partial charge in [0.1, 0.15) is 4.88 Å². The van der Waals surface area contributed by atoms with Gasteiger partial charge in [-0.3, -0.25) is 9.59 Å². The Labute approximate surface area is 133 Å². The van der Waals surface area contributed by atoms with E-state index in [2.05, 4.69) is 4.98 Å². The lowest BCUT2D eigenvalue weighted by Crippen LogP contribution is -2.50. The van der Waals surface area contributed by atoms with Gasteiger partial charge in [-0.1, -0.05) is 30.3 Å². The molecule has 5 nitrogen and oxygen atoms in total. The molecule has 1 aromatic heterocycles. The summed E-state index contributed by atoms with van der Waals surface area (Å²) in [7, 11) is 0. The molecule has 2 aromatic rings. The van der Waals surface area contributed by atoms with Crippen LogP contribution in [0.1, 0.15) is 16.6 Å². The SMILES string of the molecule is CC(=O)N1CCN(C(=O)c2scnc2-c2ccccc2)CC1. The number of benzene rings is 1. The summed E-state index contributed by atoms with van der Waals surface area (Å²) in [6.07, 6.45) is 0. The molecule has 114 valence electrons. The van der Waals surface area contributed by atoms with Gasteiger partial charge in [-0.15, -0.1) is 11.3 Å². The van der Waals surface area contributed by atoms with E-state index in [4.69, 9.17) is 0 Å². The van der Waals surface area contributed by atoms with E-state index in [9.17, 15) is 9.59 Å². The zero-order valence-corrected chi connectivity index (χ0v) is 13.2. The molecule has 6 heteroatoms. The van der Waals surface area contributed by atoms with Crippen LogP contribution in [0, 0.1) is 0 Å². The summed E-state index contributed by atoms with van der Waals surface area (Å²) in [6.45, 7) is 3.91. The van der Waals surface area contributed by atoms with E-state index < -0.39 is 0 Å². The highest BCUT2D eigenvalue weighted by Crippen LogP contribution is 2.26. The Morgan fingerprint density at radius 2 is 1.68 bits per heavy atom. The van der Waals surface area contributed by atoms with Gasteiger partial charge < -0.3 is 9.80 Å². The minimum atomic E-state index is 0.00422. The van der Waals surface area contributed by atoms with E-state index in [1.165, 1.54) is 11.3 Å². The van der Waals surface area contributed by atoms with Gasteiger partial charge in [-0.05, 0) is 0 Å². The molecule has 0 N–H and O–H groups in total. The largest absolute Gasteiger partial charge is 0.339 e. The Morgan fingerprint density at radius 1 is 1.05 bits per heavy atom. The van der Waals surface area contributed by atoms with Crippen LogP contribution < -0.4 is 0 Å². The molecular weight excluding hydrogens is 298 g/mol. The second-order valence-electron chi connectivity index (χ2n) is 5.19. The van der Waals surface area contributed by atoms with Gasteiger partial charge in [0.2, 0.25) is 5.91 Å². The van der Waals surface area contributed by atoms with E-state index in [1.807, 2.05) is 30.3 Å². The van der Waals surface area contributed by atoms with Crippen LogP contribution in [0.3, 0.4) is 0 Å². The van der Waals surface area contributed by atoms with Gasteiger partial charge in [0.05, 0.1) is 11.2 Å². The highest BCUT2D eigenvalue weighted by atomic mass is 32.1. The predicted molar refractivity (Wildman–Crippen MR) is 85.7 cm³/mol. The molecule has 0 atom stereocenters. The second kappa shape index (κ2) is 6.27. The van der Waals surface area contributed by atoms with Crippen LogP contribution in [0.25, 0.3) is 11.3 Å². The lowest BCUT2D eigenvalue weighted by molar-refractivity contribution is -0.130. The van der Waals surface area contributed by atoms with Crippen molar-refractivity contribution in [3.63, 3.8) is 0 Å². The molecule has 0 bridgehead atoms. The summed E-state index contributed by atoms with van der Waals surface area (Å²) in [5, 5.41) is 0. The van der Waals surface area contributed by atoms with Crippen molar-refractivity contribution in [1.82, 2.24) is 14.8 Å². The Kier molecular flexibility index (Phi) is 4.20. The lowest BCUT2D eigenvalue weighted by Gasteiger charge is -2.34. The number of hydrogen-bond acceptors (Lipinski definition) is 4. The molecule has 0 saturated carbocycles. The van der Waals surface area contributed by atoms with Crippen molar-refractivity contribution < 1.29 is 9.59 Å². The maximum Gasteiger partial charge on any atom is 0.266 e. The molecule has 1 fully saturated rings. The molecule has 1 aromatic carbocycles. The molecule has 22 heavy (non-hydrogen) atoms. The van der Waals surface area contributed by atoms with Crippen LogP contribution in [0.4, 0.5) is 0 Å². The number of nitrogens with zero attached hydrogens (tertiary/aromatic N) is 3. The summed E-state index contributed by atoms with van der Waals surface area (Å²) < 4.78 is 0. The fourth-order valence-corrected chi connectivity index (χ4v) is 3.34. The summed E-state index contributed by atoms with van der Waals surface area (Å²) >= 11 is 1.37. The van der Waals surface area contributed by atoms with Crippen LogP contribution in [0.5, 0.6) is 0 Å². The average Bonchev–Trinajstić information content (AvgIpc) is 3.04. The quantitative estimate of drug-likeness (QED) is 0.853. The topological polar surface area (TPSA) is 53.5 Å². The number of carbonyl (C=O) groups is 2. The molecule has 0 aliphatic carbocycles. The van der Waals surface area contributed by atoms with Crippen LogP contribution in [0.15, 0.2) is 35.8 Å². The first-order valence-electron chi connectivity index (χ1n) is 7.20. The number of hydrogen-bond donors (Lipinski definition) is 0. The second-order valence-corrected chi connectivity index (χ2v) is 6.05. The molecule has 1 saturated heterocycles. The molecule has 0 unspecified atom stereocenters. The van der Waals surface area contributed by atoms with E-state index in [-0.39, 0.29) is 11.8 Å². The highest BCUT2D eigenvalue weighted by molar-refractivity contribution is 7.12. The van der Waals surface area contributed by atoms with Gasteiger partial charge in [0, 0.05) is 38.7 Å². The van der Waals surface area contributed by atoms with Crippen molar-refractivity contribution in [3.05, 3.63) is 40.7 Å². The summed E-state index contributed by atoms with van der Waals surface area (Å²) in [6, 6.07) is 9.74. The van der Waals surface area contributed by atoms with Gasteiger partial charge >= 0.3 is 0 Å². The van der Waals surface area contributed by atoms with Crippen LogP contribution in [0.2, 0.25) is 0 Å². The fraction of sp³-hybridized carbons (Fsp3) is 0.312. The normalized spacial score (nSPS) is 15.0. The minimum Gasteiger partial charge on any atom is -0.339 e. The maximum absolute atomic E-state index is 12.7. The standard InChI is InChI=1S/C16H17N3O2S/c1-12(20)18-7-9-19(10-8-18)16(21)15-14(17-11-22-15)13-5-3-2-4-6-13/h2-6,11H,7-10H2,1H3. The smallest absolute Gasteiger partial charge is 0.266 e. The maximum atomic E-state index is 12.7. The van der Waals surface area contributed by atoms with Crippen LogP contribution in [-0.2, 0) is 4.79 Å². The Bertz CT molecular complexity index is 676. The number of thiazole rings is 1. The first-order chi connectivity index (χ1) is 10.7. The van der Waals surface area contributed by atoms with Crippen molar-refractivity contribution in [2.45, 2.75) is 6.92 Å². The van der Waals surface area contributed by atoms with Gasteiger partial charge in [-0.2, -0.15) is 0 Å². The molecule has 0 spiro atoms. The fourth-order valence-electron chi connectivity index (χ4n) is 2.57. The Balaban J connectivity index is 1.77. The molecule has 2 heterocycles. The molecule has 3 rings (SSSR count). The molecular formula is C16H17N3O2S. The monoisotopic (exact) mass is 315 g/mol. The van der Waals surface area contributed by atoms with Crippen molar-refractivity contribution in [3.8, 4) is 11.3 Å². The summed E-state index contributed by atoms with van der Waals surface area (Å²) in [5.41, 5.74) is 3.40. The molecule has 1 aliphatic heterocycles. The van der Waals surface area contributed by atoms with Crippen molar-refractivity contribution in [2.24, 2.45) is 0 Å². The number of aromatic nitrogens is 1. The van der Waals surface area contributed by atoms with E-state index in [0.717, 1.165) is 11.3 Å². The van der Waals surface area contributed by atoms with Crippen molar-refractivity contribution in [1.29, 1.82) is 0 Å². The Morgan fingerprint density at radius 3 is 2.32 bits per heavy atom. The number of piperazine rings is 1. The van der Waals surface area contributed by atoms with Crippen molar-refractivity contribution >= 4 is 23.2 Å². The van der Waals surface area contributed by atoms with Gasteiger partial charge in [0.15, 0.2) is 0 Å². The third-order valence-electron chi connectivity index (χ3n) is 3.82. The third kappa shape index (κ3) is 2.87. The minimum absolute atomic E-state index is 0.00422. The van der Waals surface area contributed by atoms with E-state index in [0.29, 0.717) is 31.1 Å². The van der Waals surface area contributed by atoms with Gasteiger partial charge in [0.25, 0.3) is 5.91 Å². The van der Waals surface area contributed by atoms with Crippen molar-refractivity contribution in [2.75, 3.05) is 26.2 Å². The third-order valence-corrected chi connectivity index (χ3v) is 4.64. The average molecular weight is 315 g/mol. The zero-order chi connectivity index (χ0) is 15.5. The van der Waals surface area contributed by atoms with E-state index in [1.54, 1.807) is 22.2 Å². The lowest BCUT2D eigenvalue weighted by atomic mass is 10.1. The first-order valence-corrected chi connectivity index (χ1v) is 8.08. The van der Waals surface area contributed by atoms with Crippen LogP contribution in [-0.4, -0.2) is 52.8 Å². The zero-order valence-electron chi connectivity index (χ0n) is 12.4. The number of carbonyl (C=O) groups excluding carboxylic acids is 2. The molecule has 2 amide bonds. The number of rotatable bonds is 2. The van der Waals surface area contributed by atoms with Gasteiger partial charge in [-0.25, -0.2) is 4.98 Å². The Hall–Kier alpha value is -2.21. The first kappa shape index (κ1) is 14.7. The predicted octanol–water partition coefficient (Wildman–Crippen LogP) is 2.11. The highest BCUT2D eigenvalue weighted by Gasteiger charge is 2.26. The summed E-state index contributed by atoms with van der Waals surface area (Å²) in [5.74, 6) is 0.0689. The molecule has 1 aliphatic rings. The summed E-state index contributed by atoms with van der Waals surface area (Å²) in [4.78, 5) is 32.7.